The molecule has 4 heterocycles. The number of likely N-dealkylation sites (tertiary alicyclic amines) is 1. The highest BCUT2D eigenvalue weighted by Crippen LogP contribution is 2.39. The summed E-state index contributed by atoms with van der Waals surface area (Å²) in [7, 11) is 0. The number of ether oxygens (including phenoxy) is 1. The Morgan fingerprint density at radius 3 is 2.67 bits per heavy atom. The van der Waals surface area contributed by atoms with Crippen LogP contribution in [0.3, 0.4) is 0 Å². The maximum absolute atomic E-state index is 8.78. The van der Waals surface area contributed by atoms with Gasteiger partial charge in [0.05, 0.1) is 11.2 Å². The van der Waals surface area contributed by atoms with Gasteiger partial charge < -0.3 is 15.0 Å². The monoisotopic (exact) mass is 451 g/mol. The third-order valence-electron chi connectivity index (χ3n) is 7.59. The second-order valence-electron chi connectivity index (χ2n) is 9.80. The van der Waals surface area contributed by atoms with Crippen molar-refractivity contribution in [3.63, 3.8) is 0 Å². The minimum atomic E-state index is -2.31. The SMILES string of the molecule is [2H]C([2H])(C1CCOCC1)N1CC2CC(Nc3ccc(-c4ccc5nn(C([2H])([2H])[2H])cc5c4C)nn3)CC2C1. The Labute approximate surface area is 202 Å². The van der Waals surface area contributed by atoms with Gasteiger partial charge in [-0.25, -0.2) is 0 Å². The highest BCUT2D eigenvalue weighted by molar-refractivity contribution is 5.88. The molecule has 1 saturated carbocycles. The molecule has 2 unspecified atom stereocenters. The van der Waals surface area contributed by atoms with Crippen LogP contribution in [0.25, 0.3) is 22.2 Å². The summed E-state index contributed by atoms with van der Waals surface area (Å²) in [6.07, 6.45) is 5.20. The Morgan fingerprint density at radius 2 is 1.94 bits per heavy atom. The van der Waals surface area contributed by atoms with Crippen molar-refractivity contribution >= 4 is 16.7 Å². The third kappa shape index (κ3) is 4.24. The van der Waals surface area contributed by atoms with Crippen LogP contribution < -0.4 is 5.32 Å². The predicted octanol–water partition coefficient (Wildman–Crippen LogP) is 3.89. The van der Waals surface area contributed by atoms with E-state index in [2.05, 4.69) is 25.5 Å². The third-order valence-corrected chi connectivity index (χ3v) is 7.59. The zero-order chi connectivity index (χ0) is 26.7. The fourth-order valence-electron chi connectivity index (χ4n) is 5.88. The Morgan fingerprint density at radius 1 is 1.12 bits per heavy atom. The number of hydrogen-bond acceptors (Lipinski definition) is 6. The van der Waals surface area contributed by atoms with Gasteiger partial charge in [0, 0.05) is 69.8 Å². The van der Waals surface area contributed by atoms with E-state index in [-0.39, 0.29) is 5.92 Å². The molecule has 0 bridgehead atoms. The van der Waals surface area contributed by atoms with E-state index in [1.165, 1.54) is 0 Å². The van der Waals surface area contributed by atoms with E-state index < -0.39 is 13.5 Å². The number of benzene rings is 1. The number of nitrogens with one attached hydrogen (secondary N) is 1. The zero-order valence-corrected chi connectivity index (χ0v) is 19.0. The van der Waals surface area contributed by atoms with Crippen LogP contribution in [-0.4, -0.2) is 63.7 Å². The highest BCUT2D eigenvalue weighted by Gasteiger charge is 2.41. The zero-order valence-electron chi connectivity index (χ0n) is 24.0. The molecule has 1 N–H and O–H groups in total. The van der Waals surface area contributed by atoms with Crippen LogP contribution in [0, 0.1) is 24.7 Å². The normalized spacial score (nSPS) is 29.2. The molecule has 7 nitrogen and oxygen atoms in total. The fraction of sp³-hybridized carbons (Fsp3) is 0.577. The quantitative estimate of drug-likeness (QED) is 0.635. The molecule has 2 saturated heterocycles. The summed E-state index contributed by atoms with van der Waals surface area (Å²) in [5.41, 5.74) is 3.18. The van der Waals surface area contributed by atoms with Gasteiger partial charge in [0.15, 0.2) is 0 Å². The predicted molar refractivity (Wildman–Crippen MR) is 130 cm³/mol. The molecule has 2 atom stereocenters. The first-order chi connectivity index (χ1) is 18.1. The molecule has 2 aliphatic heterocycles. The summed E-state index contributed by atoms with van der Waals surface area (Å²) in [5, 5.41) is 17.4. The lowest BCUT2D eigenvalue weighted by Crippen LogP contribution is -2.32. The van der Waals surface area contributed by atoms with Crippen molar-refractivity contribution < 1.29 is 11.6 Å². The van der Waals surface area contributed by atoms with Gasteiger partial charge in [-0.1, -0.05) is 6.07 Å². The van der Waals surface area contributed by atoms with Crippen LogP contribution in [0.4, 0.5) is 5.82 Å². The van der Waals surface area contributed by atoms with Crippen molar-refractivity contribution in [2.75, 3.05) is 38.1 Å². The van der Waals surface area contributed by atoms with E-state index in [1.54, 1.807) is 6.20 Å². The Bertz CT molecular complexity index is 1290. The molecule has 3 fully saturated rings. The van der Waals surface area contributed by atoms with Crippen molar-refractivity contribution in [3.8, 4) is 11.3 Å². The number of aryl methyl sites for hydroxylation is 2. The first-order valence-corrected chi connectivity index (χ1v) is 12.0. The van der Waals surface area contributed by atoms with Crippen LogP contribution in [0.2, 0.25) is 0 Å². The second kappa shape index (κ2) is 8.69. The minimum Gasteiger partial charge on any atom is -0.381 e. The van der Waals surface area contributed by atoms with Gasteiger partial charge >= 0.3 is 0 Å². The maximum Gasteiger partial charge on any atom is 0.148 e. The number of aromatic nitrogens is 4. The highest BCUT2D eigenvalue weighted by atomic mass is 16.5. The van der Waals surface area contributed by atoms with E-state index in [1.807, 2.05) is 31.2 Å². The Hall–Kier alpha value is -2.51. The van der Waals surface area contributed by atoms with Crippen molar-refractivity contribution in [3.05, 3.63) is 36.0 Å². The van der Waals surface area contributed by atoms with Crippen LogP contribution in [0.5, 0.6) is 0 Å². The molecule has 174 valence electrons. The number of nitrogens with zero attached hydrogens (tertiary/aromatic N) is 5. The fourth-order valence-corrected chi connectivity index (χ4v) is 5.88. The largest absolute Gasteiger partial charge is 0.381 e. The summed E-state index contributed by atoms with van der Waals surface area (Å²) in [5.74, 6) is 1.79. The van der Waals surface area contributed by atoms with Crippen molar-refractivity contribution in [1.82, 2.24) is 24.9 Å². The molecule has 0 amide bonds. The summed E-state index contributed by atoms with van der Waals surface area (Å²) >= 11 is 0. The molecule has 1 aromatic carbocycles. The van der Waals surface area contributed by atoms with E-state index in [0.717, 1.165) is 71.5 Å². The number of fused-ring (bicyclic) bond motifs is 2. The molecule has 0 radical (unpaired) electrons. The van der Waals surface area contributed by atoms with Gasteiger partial charge in [0.1, 0.15) is 5.82 Å². The Balaban J connectivity index is 1.09. The van der Waals surface area contributed by atoms with Gasteiger partial charge in [-0.05, 0) is 74.1 Å². The first kappa shape index (κ1) is 16.2. The standard InChI is InChI=1S/C26H34N6O/c1-17-22(3-4-25-23(17)16-31(2)30-25)24-5-6-26(29-28-24)27-21-11-19-14-32(15-20(19)12-21)13-18-7-9-33-10-8-18/h3-6,16,18-21H,7-15H2,1-2H3,(H,27,29)/i2D3,13D2. The van der Waals surface area contributed by atoms with Crippen LogP contribution in [0.15, 0.2) is 30.5 Å². The van der Waals surface area contributed by atoms with Gasteiger partial charge in [0.25, 0.3) is 0 Å². The van der Waals surface area contributed by atoms with E-state index in [0.29, 0.717) is 36.6 Å². The summed E-state index contributed by atoms with van der Waals surface area (Å²) in [6.45, 7) is 1.34. The lowest BCUT2D eigenvalue weighted by atomic mass is 10.00. The summed E-state index contributed by atoms with van der Waals surface area (Å²) < 4.78 is 46.9. The first-order valence-electron chi connectivity index (χ1n) is 14.5. The Kier molecular flexibility index (Phi) is 4.26. The number of hydrogen-bond donors (Lipinski definition) is 1. The summed E-state index contributed by atoms with van der Waals surface area (Å²) in [6, 6.07) is 7.93. The molecule has 0 spiro atoms. The topological polar surface area (TPSA) is 68.1 Å². The maximum atomic E-state index is 8.78. The van der Waals surface area contributed by atoms with Crippen molar-refractivity contribution in [2.45, 2.75) is 38.6 Å². The van der Waals surface area contributed by atoms with Gasteiger partial charge in [-0.2, -0.15) is 5.10 Å². The average Bonchev–Trinajstić information content (AvgIpc) is 3.59. The van der Waals surface area contributed by atoms with Gasteiger partial charge in [-0.15, -0.1) is 10.2 Å². The van der Waals surface area contributed by atoms with Gasteiger partial charge in [-0.3, -0.25) is 4.68 Å². The number of anilines is 1. The molecule has 2 aromatic heterocycles. The molecule has 3 aliphatic rings. The molecular weight excluding hydrogens is 412 g/mol. The number of rotatable bonds is 5. The average molecular weight is 452 g/mol. The lowest BCUT2D eigenvalue weighted by molar-refractivity contribution is 0.0545. The van der Waals surface area contributed by atoms with Crippen molar-refractivity contribution in [1.29, 1.82) is 0 Å². The van der Waals surface area contributed by atoms with Crippen LogP contribution in [0.1, 0.15) is 38.1 Å². The van der Waals surface area contributed by atoms with Crippen molar-refractivity contribution in [2.24, 2.45) is 24.7 Å². The molecule has 3 aromatic rings. The molecule has 6 rings (SSSR count). The smallest absolute Gasteiger partial charge is 0.148 e. The summed E-state index contributed by atoms with van der Waals surface area (Å²) in [4.78, 5) is 2.09. The van der Waals surface area contributed by atoms with E-state index in [4.69, 9.17) is 11.6 Å². The molecule has 33 heavy (non-hydrogen) atoms. The molecule has 1 aliphatic carbocycles. The lowest BCUT2D eigenvalue weighted by Gasteiger charge is -2.27. The van der Waals surface area contributed by atoms with Gasteiger partial charge in [0.2, 0.25) is 0 Å². The minimum absolute atomic E-state index is 0.0554. The molecule has 7 heteroatoms. The second-order valence-corrected chi connectivity index (χ2v) is 9.80. The molecular formula is C26H34N6O. The van der Waals surface area contributed by atoms with E-state index >= 15 is 0 Å². The van der Waals surface area contributed by atoms with Crippen LogP contribution in [-0.2, 0) is 11.7 Å². The van der Waals surface area contributed by atoms with E-state index in [9.17, 15) is 0 Å². The van der Waals surface area contributed by atoms with Crippen LogP contribution >= 0.6 is 0 Å².